The fraction of sp³-hybridized carbons (Fsp3) is 0.118. The molecule has 0 saturated carbocycles. The molecule has 0 aliphatic carbocycles. The molecular formula is C17H16N4. The van der Waals surface area contributed by atoms with Crippen LogP contribution in [0.15, 0.2) is 59.9 Å². The summed E-state index contributed by atoms with van der Waals surface area (Å²) in [6, 6.07) is 14.2. The van der Waals surface area contributed by atoms with Crippen molar-refractivity contribution in [2.24, 2.45) is 4.99 Å². The van der Waals surface area contributed by atoms with Gasteiger partial charge in [-0.2, -0.15) is 5.10 Å². The molecule has 4 heteroatoms. The third-order valence-corrected chi connectivity index (χ3v) is 3.38. The second-order valence-electron chi connectivity index (χ2n) is 4.72. The van der Waals surface area contributed by atoms with Crippen molar-refractivity contribution in [2.45, 2.75) is 6.42 Å². The van der Waals surface area contributed by atoms with E-state index in [-0.39, 0.29) is 0 Å². The van der Waals surface area contributed by atoms with Crippen molar-refractivity contribution in [3.8, 4) is 22.4 Å². The van der Waals surface area contributed by atoms with Crippen molar-refractivity contribution in [3.05, 3.63) is 60.6 Å². The maximum absolute atomic E-state index is 4.51. The van der Waals surface area contributed by atoms with Gasteiger partial charge in [0.2, 0.25) is 0 Å². The molecular weight excluding hydrogens is 260 g/mol. The van der Waals surface area contributed by atoms with Crippen molar-refractivity contribution in [1.29, 1.82) is 0 Å². The van der Waals surface area contributed by atoms with Gasteiger partial charge >= 0.3 is 0 Å². The molecule has 3 aromatic rings. The van der Waals surface area contributed by atoms with E-state index in [1.54, 1.807) is 12.4 Å². The van der Waals surface area contributed by atoms with Crippen LogP contribution in [-0.4, -0.2) is 28.4 Å². The van der Waals surface area contributed by atoms with Crippen LogP contribution in [0.1, 0.15) is 5.69 Å². The lowest BCUT2D eigenvalue weighted by atomic mass is 9.98. The van der Waals surface area contributed by atoms with E-state index in [1.807, 2.05) is 30.3 Å². The fourth-order valence-corrected chi connectivity index (χ4v) is 2.38. The van der Waals surface area contributed by atoms with E-state index in [0.717, 1.165) is 34.5 Å². The van der Waals surface area contributed by atoms with Crippen LogP contribution in [0, 0.1) is 0 Å². The molecule has 1 aromatic carbocycles. The van der Waals surface area contributed by atoms with Crippen LogP contribution in [0.25, 0.3) is 22.4 Å². The van der Waals surface area contributed by atoms with Gasteiger partial charge in [0.1, 0.15) is 5.69 Å². The Kier molecular flexibility index (Phi) is 3.87. The molecule has 104 valence electrons. The summed E-state index contributed by atoms with van der Waals surface area (Å²) in [5, 5.41) is 7.66. The van der Waals surface area contributed by atoms with E-state index in [1.165, 1.54) is 0 Å². The van der Waals surface area contributed by atoms with Gasteiger partial charge in [-0.3, -0.25) is 10.1 Å². The van der Waals surface area contributed by atoms with Crippen molar-refractivity contribution in [1.82, 2.24) is 15.2 Å². The van der Waals surface area contributed by atoms with E-state index in [9.17, 15) is 0 Å². The van der Waals surface area contributed by atoms with Gasteiger partial charge in [0.05, 0.1) is 0 Å². The highest BCUT2D eigenvalue weighted by Gasteiger charge is 2.16. The number of nitrogens with one attached hydrogen (secondary N) is 1. The molecule has 0 radical (unpaired) electrons. The fourth-order valence-electron chi connectivity index (χ4n) is 2.38. The van der Waals surface area contributed by atoms with E-state index < -0.39 is 0 Å². The topological polar surface area (TPSA) is 53.9 Å². The Labute approximate surface area is 123 Å². The molecule has 4 nitrogen and oxygen atoms in total. The Morgan fingerprint density at radius 2 is 1.76 bits per heavy atom. The van der Waals surface area contributed by atoms with E-state index in [4.69, 9.17) is 0 Å². The minimum atomic E-state index is 0.675. The summed E-state index contributed by atoms with van der Waals surface area (Å²) >= 11 is 0. The standard InChI is InChI=1S/C17H16N4/c1-18-10-9-15-16(13-7-11-19-12-8-13)17(21-20-15)14-5-3-2-4-6-14/h2-8,11-12H,1,9-10H2,(H,20,21). The van der Waals surface area contributed by atoms with Gasteiger partial charge in [-0.25, -0.2) is 0 Å². The zero-order chi connectivity index (χ0) is 14.5. The Morgan fingerprint density at radius 1 is 1.00 bits per heavy atom. The lowest BCUT2D eigenvalue weighted by molar-refractivity contribution is 0.908. The summed E-state index contributed by atoms with van der Waals surface area (Å²) in [4.78, 5) is 8.03. The zero-order valence-corrected chi connectivity index (χ0v) is 11.7. The number of pyridine rings is 1. The number of aliphatic imine (C=N–C) groups is 1. The monoisotopic (exact) mass is 276 g/mol. The van der Waals surface area contributed by atoms with Gasteiger partial charge in [-0.05, 0) is 24.4 Å². The van der Waals surface area contributed by atoms with E-state index in [2.05, 4.69) is 39.0 Å². The van der Waals surface area contributed by atoms with Gasteiger partial charge in [0, 0.05) is 42.2 Å². The molecule has 1 N–H and O–H groups in total. The highest BCUT2D eigenvalue weighted by Crippen LogP contribution is 2.33. The van der Waals surface area contributed by atoms with Gasteiger partial charge in [0.25, 0.3) is 0 Å². The molecule has 0 unspecified atom stereocenters. The average Bonchev–Trinajstić information content (AvgIpc) is 2.98. The highest BCUT2D eigenvalue weighted by molar-refractivity contribution is 5.82. The van der Waals surface area contributed by atoms with Crippen LogP contribution in [0.4, 0.5) is 0 Å². The van der Waals surface area contributed by atoms with Crippen LogP contribution in [0.2, 0.25) is 0 Å². The summed E-state index contributed by atoms with van der Waals surface area (Å²) in [5.74, 6) is 0. The normalized spacial score (nSPS) is 10.5. The molecule has 0 aliphatic rings. The van der Waals surface area contributed by atoms with Crippen molar-refractivity contribution < 1.29 is 0 Å². The minimum Gasteiger partial charge on any atom is -0.301 e. The van der Waals surface area contributed by atoms with Gasteiger partial charge in [0.15, 0.2) is 0 Å². The summed E-state index contributed by atoms with van der Waals surface area (Å²) in [7, 11) is 0. The lowest BCUT2D eigenvalue weighted by Gasteiger charge is -2.05. The van der Waals surface area contributed by atoms with Crippen LogP contribution in [-0.2, 0) is 6.42 Å². The summed E-state index contributed by atoms with van der Waals surface area (Å²) in [6.07, 6.45) is 4.39. The van der Waals surface area contributed by atoms with Crippen LogP contribution >= 0.6 is 0 Å². The first-order valence-corrected chi connectivity index (χ1v) is 6.85. The molecule has 2 heterocycles. The zero-order valence-electron chi connectivity index (χ0n) is 11.7. The maximum Gasteiger partial charge on any atom is 0.100 e. The van der Waals surface area contributed by atoms with E-state index in [0.29, 0.717) is 6.54 Å². The molecule has 0 saturated heterocycles. The number of rotatable bonds is 5. The number of aromatic amines is 1. The summed E-state index contributed by atoms with van der Waals surface area (Å²) in [5.41, 5.74) is 5.36. The van der Waals surface area contributed by atoms with Crippen molar-refractivity contribution >= 4 is 6.72 Å². The third kappa shape index (κ3) is 2.74. The Hall–Kier alpha value is -2.75. The first-order valence-electron chi connectivity index (χ1n) is 6.85. The first-order chi connectivity index (χ1) is 10.4. The van der Waals surface area contributed by atoms with Crippen LogP contribution in [0.5, 0.6) is 0 Å². The minimum absolute atomic E-state index is 0.675. The SMILES string of the molecule is C=NCCc1[nH]nc(-c2ccccc2)c1-c1ccncc1. The molecule has 0 atom stereocenters. The van der Waals surface area contributed by atoms with E-state index >= 15 is 0 Å². The molecule has 3 rings (SSSR count). The first kappa shape index (κ1) is 13.2. The Balaban J connectivity index is 2.13. The quantitative estimate of drug-likeness (QED) is 0.726. The summed E-state index contributed by atoms with van der Waals surface area (Å²) in [6.45, 7) is 4.22. The largest absolute Gasteiger partial charge is 0.301 e. The van der Waals surface area contributed by atoms with Crippen LogP contribution < -0.4 is 0 Å². The molecule has 0 spiro atoms. The average molecular weight is 276 g/mol. The van der Waals surface area contributed by atoms with Gasteiger partial charge in [-0.15, -0.1) is 0 Å². The molecule has 0 bridgehead atoms. The number of hydrogen-bond acceptors (Lipinski definition) is 3. The lowest BCUT2D eigenvalue weighted by Crippen LogP contribution is -1.93. The summed E-state index contributed by atoms with van der Waals surface area (Å²) < 4.78 is 0. The molecule has 2 aromatic heterocycles. The van der Waals surface area contributed by atoms with Crippen molar-refractivity contribution in [2.75, 3.05) is 6.54 Å². The predicted octanol–water partition coefficient (Wildman–Crippen LogP) is 3.38. The van der Waals surface area contributed by atoms with Crippen molar-refractivity contribution in [3.63, 3.8) is 0 Å². The number of benzene rings is 1. The number of nitrogens with zero attached hydrogens (tertiary/aromatic N) is 3. The molecule has 0 fully saturated rings. The second kappa shape index (κ2) is 6.13. The maximum atomic E-state index is 4.51. The van der Waals surface area contributed by atoms with Crippen LogP contribution in [0.3, 0.4) is 0 Å². The number of hydrogen-bond donors (Lipinski definition) is 1. The van der Waals surface area contributed by atoms with Gasteiger partial charge in [-0.1, -0.05) is 30.3 Å². The Morgan fingerprint density at radius 3 is 2.48 bits per heavy atom. The predicted molar refractivity (Wildman–Crippen MR) is 85.4 cm³/mol. The molecule has 0 amide bonds. The molecule has 21 heavy (non-hydrogen) atoms. The molecule has 0 aliphatic heterocycles. The highest BCUT2D eigenvalue weighted by atomic mass is 15.1. The smallest absolute Gasteiger partial charge is 0.100 e. The third-order valence-electron chi connectivity index (χ3n) is 3.38. The Bertz CT molecular complexity index is 717. The number of H-pyrrole nitrogens is 1. The number of aromatic nitrogens is 3. The second-order valence-corrected chi connectivity index (χ2v) is 4.72. The van der Waals surface area contributed by atoms with Gasteiger partial charge < -0.3 is 4.99 Å².